The van der Waals surface area contributed by atoms with Gasteiger partial charge in [0.1, 0.15) is 0 Å². The molecule has 0 radical (unpaired) electrons. The third-order valence-electron chi connectivity index (χ3n) is 6.44. The van der Waals surface area contributed by atoms with Crippen molar-refractivity contribution in [2.24, 2.45) is 0 Å². The molecule has 0 unspecified atom stereocenters. The monoisotopic (exact) mass is 424 g/mol. The zero-order chi connectivity index (χ0) is 23.4. The number of hydrogen-bond acceptors (Lipinski definition) is 2. The van der Waals surface area contributed by atoms with E-state index in [0.29, 0.717) is 0 Å². The summed E-state index contributed by atoms with van der Waals surface area (Å²) in [6.07, 6.45) is 8.97. The van der Waals surface area contributed by atoms with Gasteiger partial charge in [0.2, 0.25) is 0 Å². The molecule has 0 N–H and O–H groups in total. The van der Waals surface area contributed by atoms with Crippen molar-refractivity contribution in [1.82, 2.24) is 0 Å². The van der Waals surface area contributed by atoms with Crippen LogP contribution >= 0.6 is 0 Å². The van der Waals surface area contributed by atoms with E-state index >= 15 is 0 Å². The first-order valence-electron chi connectivity index (χ1n) is 11.2. The number of rotatable bonds is 6. The fourth-order valence-electron chi connectivity index (χ4n) is 4.00. The maximum absolute atomic E-state index is 2.27. The molecule has 3 rings (SSSR count). The second kappa shape index (κ2) is 9.91. The van der Waals surface area contributed by atoms with E-state index in [2.05, 4.69) is 139 Å². The van der Waals surface area contributed by atoms with Crippen molar-refractivity contribution >= 4 is 35.7 Å². The van der Waals surface area contributed by atoms with Crippen molar-refractivity contribution in [3.8, 4) is 0 Å². The van der Waals surface area contributed by atoms with Crippen LogP contribution < -0.4 is 9.80 Å². The predicted molar refractivity (Wildman–Crippen MR) is 145 cm³/mol. The molecule has 166 valence electrons. The number of hydrogen-bond donors (Lipinski definition) is 0. The second-order valence-corrected chi connectivity index (χ2v) is 8.97. The molecule has 0 saturated carbocycles. The standard InChI is InChI=1S/C30H36N2/c1-21-22(2)30(20-14-26-11-17-28(18-12-26)32(7)8)24(4)23(3)29(21)19-13-25-9-15-27(16-10-25)31(5)6/h9-20H,1-8H3/b19-13+,20-14+. The fourth-order valence-corrected chi connectivity index (χ4v) is 4.00. The van der Waals surface area contributed by atoms with Crippen LogP contribution in [0, 0.1) is 27.7 Å². The molecule has 0 spiro atoms. The first kappa shape index (κ1) is 23.4. The summed E-state index contributed by atoms with van der Waals surface area (Å²) in [5, 5.41) is 0. The zero-order valence-corrected chi connectivity index (χ0v) is 20.8. The van der Waals surface area contributed by atoms with Gasteiger partial charge < -0.3 is 9.80 Å². The average Bonchev–Trinajstić information content (AvgIpc) is 2.78. The van der Waals surface area contributed by atoms with Crippen LogP contribution in [0.5, 0.6) is 0 Å². The molecule has 0 amide bonds. The molecule has 0 bridgehead atoms. The average molecular weight is 425 g/mol. The Morgan fingerprint density at radius 1 is 0.438 bits per heavy atom. The Labute approximate surface area is 194 Å². The molecule has 0 aromatic heterocycles. The molecular formula is C30H36N2. The topological polar surface area (TPSA) is 6.48 Å². The summed E-state index contributed by atoms with van der Waals surface area (Å²) in [5.41, 5.74) is 12.9. The number of nitrogens with zero attached hydrogens (tertiary/aromatic N) is 2. The van der Waals surface area contributed by atoms with Gasteiger partial charge in [0.05, 0.1) is 0 Å². The fraction of sp³-hybridized carbons (Fsp3) is 0.267. The van der Waals surface area contributed by atoms with Crippen molar-refractivity contribution in [3.05, 3.63) is 93.0 Å². The molecule has 3 aromatic carbocycles. The molecule has 2 heteroatoms. The molecule has 0 aliphatic heterocycles. The molecule has 32 heavy (non-hydrogen) atoms. The maximum Gasteiger partial charge on any atom is 0.0361 e. The highest BCUT2D eigenvalue weighted by Crippen LogP contribution is 2.30. The van der Waals surface area contributed by atoms with Gasteiger partial charge in [-0.3, -0.25) is 0 Å². The van der Waals surface area contributed by atoms with Crippen molar-refractivity contribution < 1.29 is 0 Å². The first-order chi connectivity index (χ1) is 15.2. The van der Waals surface area contributed by atoms with Crippen LogP contribution in [-0.4, -0.2) is 28.2 Å². The Morgan fingerprint density at radius 2 is 0.719 bits per heavy atom. The van der Waals surface area contributed by atoms with Gasteiger partial charge in [0, 0.05) is 39.6 Å². The van der Waals surface area contributed by atoms with Crippen LogP contribution in [-0.2, 0) is 0 Å². The van der Waals surface area contributed by atoms with Gasteiger partial charge in [-0.15, -0.1) is 0 Å². The smallest absolute Gasteiger partial charge is 0.0361 e. The molecule has 0 aliphatic rings. The summed E-state index contributed by atoms with van der Waals surface area (Å²) in [5.74, 6) is 0. The molecule has 0 fully saturated rings. The molecule has 3 aromatic rings. The highest BCUT2D eigenvalue weighted by Gasteiger charge is 2.11. The van der Waals surface area contributed by atoms with Gasteiger partial charge >= 0.3 is 0 Å². The summed E-state index contributed by atoms with van der Waals surface area (Å²) in [4.78, 5) is 4.24. The summed E-state index contributed by atoms with van der Waals surface area (Å²) in [7, 11) is 8.27. The molecule has 0 aliphatic carbocycles. The van der Waals surface area contributed by atoms with Crippen LogP contribution in [0.2, 0.25) is 0 Å². The quantitative estimate of drug-likeness (QED) is 0.381. The second-order valence-electron chi connectivity index (χ2n) is 8.97. The van der Waals surface area contributed by atoms with E-state index in [1.165, 1.54) is 55.9 Å². The van der Waals surface area contributed by atoms with Crippen LogP contribution in [0.15, 0.2) is 48.5 Å². The van der Waals surface area contributed by atoms with Crippen molar-refractivity contribution in [1.29, 1.82) is 0 Å². The van der Waals surface area contributed by atoms with Gasteiger partial charge in [-0.25, -0.2) is 0 Å². The van der Waals surface area contributed by atoms with Crippen molar-refractivity contribution in [3.63, 3.8) is 0 Å². The third-order valence-corrected chi connectivity index (χ3v) is 6.44. The minimum atomic E-state index is 1.22. The zero-order valence-electron chi connectivity index (χ0n) is 20.8. The van der Waals surface area contributed by atoms with Crippen molar-refractivity contribution in [2.45, 2.75) is 27.7 Å². The number of benzene rings is 3. The van der Waals surface area contributed by atoms with Gasteiger partial charge in [-0.05, 0) is 96.5 Å². The Kier molecular flexibility index (Phi) is 7.25. The largest absolute Gasteiger partial charge is 0.378 e. The lowest BCUT2D eigenvalue weighted by molar-refractivity contribution is 1.13. The summed E-state index contributed by atoms with van der Waals surface area (Å²) >= 11 is 0. The van der Waals surface area contributed by atoms with E-state index in [9.17, 15) is 0 Å². The lowest BCUT2D eigenvalue weighted by atomic mass is 9.88. The van der Waals surface area contributed by atoms with Gasteiger partial charge in [0.25, 0.3) is 0 Å². The lowest BCUT2D eigenvalue weighted by Gasteiger charge is -2.17. The summed E-state index contributed by atoms with van der Waals surface area (Å²) in [6.45, 7) is 8.94. The lowest BCUT2D eigenvalue weighted by Crippen LogP contribution is -2.07. The third kappa shape index (κ3) is 5.13. The molecule has 0 saturated heterocycles. The Bertz CT molecular complexity index is 1010. The first-order valence-corrected chi connectivity index (χ1v) is 11.2. The van der Waals surface area contributed by atoms with Crippen LogP contribution in [0.1, 0.15) is 44.5 Å². The SMILES string of the molecule is Cc1c(C)c(/C=C/c2ccc(N(C)C)cc2)c(C)c(C)c1/C=C/c1ccc(N(C)C)cc1. The summed E-state index contributed by atoms with van der Waals surface area (Å²) in [6, 6.07) is 17.3. The normalized spacial score (nSPS) is 11.5. The van der Waals surface area contributed by atoms with Gasteiger partial charge in [-0.2, -0.15) is 0 Å². The summed E-state index contributed by atoms with van der Waals surface area (Å²) < 4.78 is 0. The Balaban J connectivity index is 1.90. The minimum Gasteiger partial charge on any atom is -0.378 e. The van der Waals surface area contributed by atoms with E-state index in [1.54, 1.807) is 0 Å². The van der Waals surface area contributed by atoms with Crippen LogP contribution in [0.25, 0.3) is 24.3 Å². The molecule has 0 heterocycles. The molecule has 0 atom stereocenters. The number of anilines is 2. The highest BCUT2D eigenvalue weighted by molar-refractivity contribution is 5.80. The van der Waals surface area contributed by atoms with E-state index in [0.717, 1.165) is 0 Å². The van der Waals surface area contributed by atoms with E-state index < -0.39 is 0 Å². The van der Waals surface area contributed by atoms with E-state index in [4.69, 9.17) is 0 Å². The molecular weight excluding hydrogens is 388 g/mol. The minimum absolute atomic E-state index is 1.22. The predicted octanol–water partition coefficient (Wildman–Crippen LogP) is 7.39. The van der Waals surface area contributed by atoms with Crippen LogP contribution in [0.3, 0.4) is 0 Å². The molecule has 2 nitrogen and oxygen atoms in total. The Morgan fingerprint density at radius 3 is 0.969 bits per heavy atom. The van der Waals surface area contributed by atoms with Crippen molar-refractivity contribution in [2.75, 3.05) is 38.0 Å². The van der Waals surface area contributed by atoms with Gasteiger partial charge in [0.15, 0.2) is 0 Å². The van der Waals surface area contributed by atoms with Crippen LogP contribution in [0.4, 0.5) is 11.4 Å². The maximum atomic E-state index is 2.27. The highest BCUT2D eigenvalue weighted by atomic mass is 15.1. The van der Waals surface area contributed by atoms with E-state index in [1.807, 2.05) is 0 Å². The van der Waals surface area contributed by atoms with Gasteiger partial charge in [-0.1, -0.05) is 48.6 Å². The Hall–Kier alpha value is -3.26. The van der Waals surface area contributed by atoms with E-state index in [-0.39, 0.29) is 0 Å².